The average Bonchev–Trinajstić information content (AvgIpc) is 3.11. The highest BCUT2D eigenvalue weighted by Gasteiger charge is 2.46. The van der Waals surface area contributed by atoms with Crippen molar-refractivity contribution in [3.05, 3.63) is 68.8 Å². The molecule has 3 aromatic carbocycles. The van der Waals surface area contributed by atoms with Gasteiger partial charge in [-0.2, -0.15) is 10.5 Å². The van der Waals surface area contributed by atoms with Gasteiger partial charge < -0.3 is 18.9 Å². The van der Waals surface area contributed by atoms with Crippen LogP contribution in [-0.2, 0) is 10.8 Å². The van der Waals surface area contributed by atoms with Crippen molar-refractivity contribution in [1.82, 2.24) is 0 Å². The number of rotatable bonds is 2. The van der Waals surface area contributed by atoms with E-state index in [9.17, 15) is 10.5 Å². The van der Waals surface area contributed by atoms with Crippen molar-refractivity contribution < 1.29 is 18.9 Å². The molecule has 6 heteroatoms. The van der Waals surface area contributed by atoms with Gasteiger partial charge in [0.05, 0.1) is 14.2 Å². The number of nitriles is 2. The molecule has 6 rings (SSSR count). The number of methoxy groups -OCH3 is 2. The summed E-state index contributed by atoms with van der Waals surface area (Å²) in [7, 11) is 3.33. The maximum Gasteiger partial charge on any atom is 0.189 e. The minimum atomic E-state index is -0.295. The Labute approximate surface area is 229 Å². The molecule has 0 saturated heterocycles. The lowest BCUT2D eigenvalue weighted by molar-refractivity contribution is 0.354. The molecule has 0 atom stereocenters. The van der Waals surface area contributed by atoms with Gasteiger partial charge in [-0.3, -0.25) is 0 Å². The second-order valence-electron chi connectivity index (χ2n) is 11.7. The second kappa shape index (κ2) is 8.04. The van der Waals surface area contributed by atoms with Gasteiger partial charge in [0.25, 0.3) is 0 Å². The van der Waals surface area contributed by atoms with Gasteiger partial charge >= 0.3 is 0 Å². The highest BCUT2D eigenvalue weighted by atomic mass is 16.6. The molecule has 0 spiro atoms. The minimum Gasteiger partial charge on any atom is -0.493 e. The van der Waals surface area contributed by atoms with Crippen molar-refractivity contribution in [1.29, 1.82) is 10.5 Å². The van der Waals surface area contributed by atoms with Crippen LogP contribution in [0.5, 0.6) is 34.5 Å². The Balaban J connectivity index is 1.59. The minimum absolute atomic E-state index is 0.198. The van der Waals surface area contributed by atoms with Crippen molar-refractivity contribution in [3.8, 4) is 46.6 Å². The topological polar surface area (TPSA) is 84.5 Å². The summed E-state index contributed by atoms with van der Waals surface area (Å²) < 4.78 is 24.1. The summed E-state index contributed by atoms with van der Waals surface area (Å²) in [6.45, 7) is 12.6. The molecule has 1 heterocycles. The first-order valence-electron chi connectivity index (χ1n) is 13.0. The van der Waals surface area contributed by atoms with Crippen LogP contribution < -0.4 is 18.9 Å². The number of benzene rings is 3. The van der Waals surface area contributed by atoms with Crippen molar-refractivity contribution in [2.45, 2.75) is 58.8 Å². The monoisotopic (exact) mass is 518 g/mol. The first kappa shape index (κ1) is 24.9. The van der Waals surface area contributed by atoms with Gasteiger partial charge in [-0.25, -0.2) is 0 Å². The van der Waals surface area contributed by atoms with E-state index < -0.39 is 0 Å². The Morgan fingerprint density at radius 3 is 1.82 bits per heavy atom. The van der Waals surface area contributed by atoms with Gasteiger partial charge in [0.15, 0.2) is 34.5 Å². The van der Waals surface area contributed by atoms with Crippen LogP contribution in [-0.4, -0.2) is 14.2 Å². The van der Waals surface area contributed by atoms with Gasteiger partial charge in [-0.15, -0.1) is 0 Å². The zero-order chi connectivity index (χ0) is 28.0. The molecule has 1 aliphatic heterocycles. The number of hydrogen-bond acceptors (Lipinski definition) is 6. The fourth-order valence-corrected chi connectivity index (χ4v) is 6.63. The van der Waals surface area contributed by atoms with E-state index in [1.54, 1.807) is 14.2 Å². The van der Waals surface area contributed by atoms with Crippen LogP contribution in [0.2, 0.25) is 0 Å². The van der Waals surface area contributed by atoms with E-state index in [1.807, 2.05) is 19.9 Å². The number of fused-ring (bicyclic) bond motifs is 6. The Morgan fingerprint density at radius 2 is 1.28 bits per heavy atom. The number of ether oxygens (including phenoxy) is 4. The van der Waals surface area contributed by atoms with Crippen LogP contribution in [0.25, 0.3) is 11.1 Å². The van der Waals surface area contributed by atoms with E-state index in [-0.39, 0.29) is 10.8 Å². The molecule has 0 unspecified atom stereocenters. The van der Waals surface area contributed by atoms with E-state index in [2.05, 4.69) is 58.0 Å². The number of allylic oxidation sites excluding steroid dienone is 2. The highest BCUT2D eigenvalue weighted by molar-refractivity contribution is 6.05. The Bertz CT molecular complexity index is 1750. The summed E-state index contributed by atoms with van der Waals surface area (Å²) in [6, 6.07) is 12.8. The van der Waals surface area contributed by atoms with Crippen molar-refractivity contribution >= 4 is 11.1 Å². The van der Waals surface area contributed by atoms with Crippen LogP contribution in [0.1, 0.15) is 78.6 Å². The van der Waals surface area contributed by atoms with Gasteiger partial charge in [0.2, 0.25) is 0 Å². The predicted octanol–water partition coefficient (Wildman–Crippen LogP) is 7.85. The van der Waals surface area contributed by atoms with E-state index in [0.29, 0.717) is 45.6 Å². The molecule has 196 valence electrons. The molecule has 2 aliphatic carbocycles. The summed E-state index contributed by atoms with van der Waals surface area (Å²) in [4.78, 5) is 0. The molecule has 6 nitrogen and oxygen atoms in total. The van der Waals surface area contributed by atoms with Crippen molar-refractivity contribution in [3.63, 3.8) is 0 Å². The third-order valence-electron chi connectivity index (χ3n) is 8.77. The first-order chi connectivity index (χ1) is 18.5. The number of nitrogens with zero attached hydrogens (tertiary/aromatic N) is 2. The molecule has 3 aliphatic rings. The molecule has 0 aromatic heterocycles. The van der Waals surface area contributed by atoms with Gasteiger partial charge in [-0.1, -0.05) is 27.7 Å². The Hall–Kier alpha value is -4.42. The smallest absolute Gasteiger partial charge is 0.189 e. The molecule has 0 amide bonds. The van der Waals surface area contributed by atoms with Gasteiger partial charge in [-0.05, 0) is 94.5 Å². The fraction of sp³-hybridized carbons (Fsp3) is 0.333. The largest absolute Gasteiger partial charge is 0.493 e. The summed E-state index contributed by atoms with van der Waals surface area (Å²) in [5.41, 5.74) is 8.93. The van der Waals surface area contributed by atoms with Crippen molar-refractivity contribution in [2.75, 3.05) is 14.2 Å². The summed E-state index contributed by atoms with van der Waals surface area (Å²) in [5, 5.41) is 19.9. The number of hydrogen-bond donors (Lipinski definition) is 0. The van der Waals surface area contributed by atoms with E-state index in [0.717, 1.165) is 28.7 Å². The van der Waals surface area contributed by atoms with Crippen LogP contribution in [0.15, 0.2) is 24.3 Å². The molecular formula is C33H30N2O4. The molecule has 0 fully saturated rings. The third-order valence-corrected chi connectivity index (χ3v) is 8.77. The summed E-state index contributed by atoms with van der Waals surface area (Å²) in [5.74, 6) is 3.13. The summed E-state index contributed by atoms with van der Waals surface area (Å²) in [6.07, 6.45) is 0.845. The SMILES string of the molecule is COc1cc2c(cc1OC)C(C)(C)C1=C2CC(C)(C)c2cc3c(cc21)Oc1c(C#N)c(C)c(C)c(C#N)c1O3. The zero-order valence-corrected chi connectivity index (χ0v) is 23.5. The predicted molar refractivity (Wildman–Crippen MR) is 149 cm³/mol. The van der Waals surface area contributed by atoms with Crippen LogP contribution >= 0.6 is 0 Å². The third kappa shape index (κ3) is 3.18. The molecule has 39 heavy (non-hydrogen) atoms. The highest BCUT2D eigenvalue weighted by Crippen LogP contribution is 2.62. The second-order valence-corrected chi connectivity index (χ2v) is 11.7. The molecule has 0 N–H and O–H groups in total. The quantitative estimate of drug-likeness (QED) is 0.269. The van der Waals surface area contributed by atoms with Gasteiger partial charge in [0, 0.05) is 5.41 Å². The summed E-state index contributed by atoms with van der Waals surface area (Å²) >= 11 is 0. The Morgan fingerprint density at radius 1 is 0.744 bits per heavy atom. The maximum absolute atomic E-state index is 9.95. The van der Waals surface area contributed by atoms with E-state index in [1.165, 1.54) is 22.3 Å². The van der Waals surface area contributed by atoms with Crippen molar-refractivity contribution in [2.24, 2.45) is 0 Å². The molecule has 0 bridgehead atoms. The first-order valence-corrected chi connectivity index (χ1v) is 13.0. The zero-order valence-electron chi connectivity index (χ0n) is 23.5. The Kier molecular flexibility index (Phi) is 5.13. The maximum atomic E-state index is 9.95. The normalized spacial score (nSPS) is 16.8. The molecule has 0 saturated carbocycles. The lowest BCUT2D eigenvalue weighted by atomic mass is 9.66. The van der Waals surface area contributed by atoms with Crippen LogP contribution in [0.3, 0.4) is 0 Å². The molecule has 0 radical (unpaired) electrons. The van der Waals surface area contributed by atoms with Gasteiger partial charge in [0.1, 0.15) is 23.3 Å². The standard InChI is InChI=1S/C33H30N2O4/c1-16-17(2)22(15-35)31-30(21(16)14-34)38-27-10-19-23(11-28(27)39-31)32(3,4)13-20-18-9-25(36-7)26(37-8)12-24(18)33(5,6)29(19)20/h9-12H,13H2,1-8H3. The molecule has 3 aromatic rings. The van der Waals surface area contributed by atoms with E-state index >= 15 is 0 Å². The van der Waals surface area contributed by atoms with Crippen LogP contribution in [0, 0.1) is 36.5 Å². The lowest BCUT2D eigenvalue weighted by Crippen LogP contribution is -2.27. The average molecular weight is 519 g/mol. The fourth-order valence-electron chi connectivity index (χ4n) is 6.63. The van der Waals surface area contributed by atoms with Crippen LogP contribution in [0.4, 0.5) is 0 Å². The lowest BCUT2D eigenvalue weighted by Gasteiger charge is -2.38. The molecular weight excluding hydrogens is 488 g/mol. The van der Waals surface area contributed by atoms with E-state index in [4.69, 9.17) is 18.9 Å².